The second kappa shape index (κ2) is 5.27. The second-order valence-corrected chi connectivity index (χ2v) is 6.52. The van der Waals surface area contributed by atoms with Gasteiger partial charge in [0.1, 0.15) is 0 Å². The Bertz CT molecular complexity index is 284. The van der Waals surface area contributed by atoms with E-state index in [0.717, 1.165) is 12.8 Å². The van der Waals surface area contributed by atoms with Crippen LogP contribution in [0, 0.1) is 5.92 Å². The molecule has 1 atom stereocenters. The summed E-state index contributed by atoms with van der Waals surface area (Å²) in [6.45, 7) is 2.35. The predicted octanol–water partition coefficient (Wildman–Crippen LogP) is 0.785. The van der Waals surface area contributed by atoms with Crippen molar-refractivity contribution in [2.24, 2.45) is 11.7 Å². The third-order valence-electron chi connectivity index (χ3n) is 3.33. The topological polar surface area (TPSA) is 63.4 Å². The molecule has 0 bridgehead atoms. The highest BCUT2D eigenvalue weighted by atomic mass is 32.2. The maximum Gasteiger partial charge on any atom is 0.215 e. The molecule has 0 heterocycles. The lowest BCUT2D eigenvalue weighted by Crippen LogP contribution is -2.41. The number of hydrogen-bond donors (Lipinski definition) is 1. The largest absolute Gasteiger partial charge is 0.326 e. The Morgan fingerprint density at radius 2 is 1.93 bits per heavy atom. The highest BCUT2D eigenvalue weighted by Crippen LogP contribution is 2.27. The molecule has 0 amide bonds. The van der Waals surface area contributed by atoms with Crippen LogP contribution in [-0.2, 0) is 10.0 Å². The molecule has 0 saturated heterocycles. The van der Waals surface area contributed by atoms with Crippen LogP contribution in [0.15, 0.2) is 0 Å². The van der Waals surface area contributed by atoms with Crippen molar-refractivity contribution in [2.45, 2.75) is 38.6 Å². The first-order valence-corrected chi connectivity index (χ1v) is 7.28. The van der Waals surface area contributed by atoms with E-state index in [1.165, 1.54) is 17.1 Å². The fourth-order valence-corrected chi connectivity index (χ4v) is 3.50. The van der Waals surface area contributed by atoms with E-state index in [9.17, 15) is 8.42 Å². The predicted molar refractivity (Wildman–Crippen MR) is 62.0 cm³/mol. The molecule has 0 aliphatic heterocycles. The van der Waals surface area contributed by atoms with Crippen molar-refractivity contribution in [1.29, 1.82) is 0 Å². The average Bonchev–Trinajstić information content (AvgIpc) is 2.68. The molecule has 0 aromatic heterocycles. The number of rotatable bonds is 5. The summed E-state index contributed by atoms with van der Waals surface area (Å²) >= 11 is 0. The highest BCUT2D eigenvalue weighted by molar-refractivity contribution is 7.89. The van der Waals surface area contributed by atoms with E-state index in [2.05, 4.69) is 0 Å². The lowest BCUT2D eigenvalue weighted by molar-refractivity contribution is 0.435. The van der Waals surface area contributed by atoms with Gasteiger partial charge in [-0.1, -0.05) is 19.8 Å². The maximum absolute atomic E-state index is 11.8. The first kappa shape index (κ1) is 12.9. The van der Waals surface area contributed by atoms with E-state index >= 15 is 0 Å². The van der Waals surface area contributed by atoms with Crippen LogP contribution >= 0.6 is 0 Å². The van der Waals surface area contributed by atoms with Crippen LogP contribution in [0.1, 0.15) is 32.6 Å². The van der Waals surface area contributed by atoms with Gasteiger partial charge in [0.05, 0.1) is 5.75 Å². The molecule has 0 aromatic carbocycles. The van der Waals surface area contributed by atoms with Crippen LogP contribution in [0.4, 0.5) is 0 Å². The van der Waals surface area contributed by atoms with Crippen LogP contribution in [0.5, 0.6) is 0 Å². The van der Waals surface area contributed by atoms with Crippen LogP contribution in [0.2, 0.25) is 0 Å². The molecule has 0 spiro atoms. The van der Waals surface area contributed by atoms with Gasteiger partial charge in [-0.2, -0.15) is 0 Å². The first-order chi connectivity index (χ1) is 6.97. The lowest BCUT2D eigenvalue weighted by atomic mass is 10.0. The number of sulfonamides is 1. The molecule has 1 saturated carbocycles. The zero-order chi connectivity index (χ0) is 11.5. The molecule has 15 heavy (non-hydrogen) atoms. The van der Waals surface area contributed by atoms with Crippen molar-refractivity contribution in [3.63, 3.8) is 0 Å². The van der Waals surface area contributed by atoms with Crippen molar-refractivity contribution in [3.8, 4) is 0 Å². The number of nitrogens with two attached hydrogens (primary N) is 1. The molecule has 1 fully saturated rings. The monoisotopic (exact) mass is 234 g/mol. The van der Waals surface area contributed by atoms with Gasteiger partial charge in [0, 0.05) is 19.6 Å². The molecule has 0 radical (unpaired) electrons. The molecule has 1 unspecified atom stereocenters. The molecule has 90 valence electrons. The Morgan fingerprint density at radius 1 is 1.40 bits per heavy atom. The summed E-state index contributed by atoms with van der Waals surface area (Å²) < 4.78 is 24.9. The van der Waals surface area contributed by atoms with Gasteiger partial charge in [0.15, 0.2) is 0 Å². The summed E-state index contributed by atoms with van der Waals surface area (Å²) in [5.74, 6) is 0.507. The fraction of sp³-hybridized carbons (Fsp3) is 1.00. The van der Waals surface area contributed by atoms with Crippen LogP contribution in [0.25, 0.3) is 0 Å². The zero-order valence-corrected chi connectivity index (χ0v) is 10.5. The molecule has 2 N–H and O–H groups in total. The SMILES string of the molecule is CCN(C)S(=O)(=O)CC(N)C1CCCC1. The van der Waals surface area contributed by atoms with Gasteiger partial charge in [0.2, 0.25) is 10.0 Å². The van der Waals surface area contributed by atoms with Crippen molar-refractivity contribution in [2.75, 3.05) is 19.3 Å². The van der Waals surface area contributed by atoms with Gasteiger partial charge in [-0.25, -0.2) is 12.7 Å². The minimum absolute atomic E-state index is 0.0992. The first-order valence-electron chi connectivity index (χ1n) is 5.67. The third-order valence-corrected chi connectivity index (χ3v) is 5.34. The van der Waals surface area contributed by atoms with Crippen LogP contribution in [-0.4, -0.2) is 38.1 Å². The van der Waals surface area contributed by atoms with Crippen molar-refractivity contribution < 1.29 is 8.42 Å². The zero-order valence-electron chi connectivity index (χ0n) is 9.65. The molecular formula is C10H22N2O2S. The standard InChI is InChI=1S/C10H22N2O2S/c1-3-12(2)15(13,14)8-10(11)9-6-4-5-7-9/h9-10H,3-8,11H2,1-2H3. The van der Waals surface area contributed by atoms with Gasteiger partial charge in [-0.3, -0.25) is 0 Å². The summed E-state index contributed by atoms with van der Waals surface area (Å²) in [6, 6.07) is -0.188. The van der Waals surface area contributed by atoms with Gasteiger partial charge < -0.3 is 5.73 Å². The van der Waals surface area contributed by atoms with E-state index < -0.39 is 10.0 Å². The van der Waals surface area contributed by atoms with E-state index in [0.29, 0.717) is 12.5 Å². The van der Waals surface area contributed by atoms with Gasteiger partial charge in [0.25, 0.3) is 0 Å². The Labute approximate surface area is 92.9 Å². The molecule has 5 heteroatoms. The van der Waals surface area contributed by atoms with E-state index in [-0.39, 0.29) is 11.8 Å². The average molecular weight is 234 g/mol. The normalized spacial score (nSPS) is 21.1. The lowest BCUT2D eigenvalue weighted by Gasteiger charge is -2.22. The Hall–Kier alpha value is -0.130. The Balaban J connectivity index is 2.52. The quantitative estimate of drug-likeness (QED) is 0.765. The Kier molecular flexibility index (Phi) is 4.55. The van der Waals surface area contributed by atoms with Crippen molar-refractivity contribution in [3.05, 3.63) is 0 Å². The number of nitrogens with zero attached hydrogens (tertiary/aromatic N) is 1. The summed E-state index contributed by atoms with van der Waals surface area (Å²) in [6.07, 6.45) is 4.57. The smallest absolute Gasteiger partial charge is 0.215 e. The van der Waals surface area contributed by atoms with Gasteiger partial charge in [-0.05, 0) is 18.8 Å². The molecule has 1 rings (SSSR count). The van der Waals surface area contributed by atoms with Crippen molar-refractivity contribution in [1.82, 2.24) is 4.31 Å². The minimum Gasteiger partial charge on any atom is -0.326 e. The van der Waals surface area contributed by atoms with E-state index in [4.69, 9.17) is 5.73 Å². The van der Waals surface area contributed by atoms with E-state index in [1.54, 1.807) is 7.05 Å². The molecule has 1 aliphatic carbocycles. The summed E-state index contributed by atoms with van der Waals surface area (Å²) in [7, 11) is -1.53. The second-order valence-electron chi connectivity index (χ2n) is 4.40. The molecular weight excluding hydrogens is 212 g/mol. The Morgan fingerprint density at radius 3 is 2.40 bits per heavy atom. The van der Waals surface area contributed by atoms with Gasteiger partial charge in [-0.15, -0.1) is 0 Å². The summed E-state index contributed by atoms with van der Waals surface area (Å²) in [5.41, 5.74) is 5.95. The third kappa shape index (κ3) is 3.43. The molecule has 1 aliphatic rings. The molecule has 0 aromatic rings. The fourth-order valence-electron chi connectivity index (χ4n) is 2.09. The number of hydrogen-bond acceptors (Lipinski definition) is 3. The summed E-state index contributed by atoms with van der Waals surface area (Å²) in [4.78, 5) is 0. The van der Waals surface area contributed by atoms with E-state index in [1.807, 2.05) is 6.92 Å². The van der Waals surface area contributed by atoms with Crippen LogP contribution < -0.4 is 5.73 Å². The highest BCUT2D eigenvalue weighted by Gasteiger charge is 2.27. The maximum atomic E-state index is 11.8. The summed E-state index contributed by atoms with van der Waals surface area (Å²) in [5, 5.41) is 0. The molecule has 4 nitrogen and oxygen atoms in total. The van der Waals surface area contributed by atoms with Crippen molar-refractivity contribution >= 4 is 10.0 Å². The minimum atomic E-state index is -3.14. The van der Waals surface area contributed by atoms with Crippen LogP contribution in [0.3, 0.4) is 0 Å². The van der Waals surface area contributed by atoms with Gasteiger partial charge >= 0.3 is 0 Å².